The standard InChI is InChI=1S/C13H14ClN3OS/c1-9-5-2-3-6-10(9)12(18)15-13-17-16-11(19-13)7-4-8-14/h2-3,5-6H,4,7-8H2,1H3,(H,15,17,18). The number of aromatic nitrogens is 2. The van der Waals surface area contributed by atoms with E-state index in [0.717, 1.165) is 23.4 Å². The van der Waals surface area contributed by atoms with Crippen LogP contribution in [0.1, 0.15) is 27.3 Å². The SMILES string of the molecule is Cc1ccccc1C(=O)Nc1nnc(CCCCl)s1. The van der Waals surface area contributed by atoms with Gasteiger partial charge in [0.1, 0.15) is 5.01 Å². The van der Waals surface area contributed by atoms with Crippen molar-refractivity contribution in [2.75, 3.05) is 11.2 Å². The summed E-state index contributed by atoms with van der Waals surface area (Å²) in [5, 5.41) is 12.2. The smallest absolute Gasteiger partial charge is 0.257 e. The highest BCUT2D eigenvalue weighted by atomic mass is 35.5. The third-order valence-electron chi connectivity index (χ3n) is 2.60. The molecule has 2 rings (SSSR count). The molecule has 1 amide bonds. The van der Waals surface area contributed by atoms with E-state index in [0.29, 0.717) is 16.6 Å². The van der Waals surface area contributed by atoms with Gasteiger partial charge in [-0.2, -0.15) is 0 Å². The zero-order valence-corrected chi connectivity index (χ0v) is 12.1. The number of carbonyl (C=O) groups is 1. The molecular weight excluding hydrogens is 282 g/mol. The lowest BCUT2D eigenvalue weighted by Crippen LogP contribution is -2.12. The molecule has 0 saturated carbocycles. The van der Waals surface area contributed by atoms with Gasteiger partial charge in [-0.3, -0.25) is 10.1 Å². The van der Waals surface area contributed by atoms with Crippen molar-refractivity contribution in [1.82, 2.24) is 10.2 Å². The van der Waals surface area contributed by atoms with Gasteiger partial charge < -0.3 is 0 Å². The minimum Gasteiger partial charge on any atom is -0.296 e. The van der Waals surface area contributed by atoms with Gasteiger partial charge >= 0.3 is 0 Å². The number of carbonyl (C=O) groups excluding carboxylic acids is 1. The number of alkyl halides is 1. The Balaban J connectivity index is 2.03. The fourth-order valence-corrected chi connectivity index (χ4v) is 2.53. The largest absolute Gasteiger partial charge is 0.296 e. The van der Waals surface area contributed by atoms with Crippen molar-refractivity contribution >= 4 is 34.0 Å². The maximum absolute atomic E-state index is 12.1. The number of hydrogen-bond acceptors (Lipinski definition) is 4. The summed E-state index contributed by atoms with van der Waals surface area (Å²) in [6.07, 6.45) is 1.66. The van der Waals surface area contributed by atoms with Gasteiger partial charge in [0.15, 0.2) is 0 Å². The molecule has 0 aliphatic carbocycles. The van der Waals surface area contributed by atoms with Crippen molar-refractivity contribution in [1.29, 1.82) is 0 Å². The molecule has 19 heavy (non-hydrogen) atoms. The Bertz CT molecular complexity index is 571. The van der Waals surface area contributed by atoms with Gasteiger partial charge in [-0.1, -0.05) is 29.5 Å². The lowest BCUT2D eigenvalue weighted by Gasteiger charge is -2.03. The summed E-state index contributed by atoms with van der Waals surface area (Å²) in [5.74, 6) is 0.447. The molecule has 1 aromatic heterocycles. The molecule has 1 N–H and O–H groups in total. The molecule has 0 fully saturated rings. The Morgan fingerprint density at radius 1 is 1.37 bits per heavy atom. The molecule has 2 aromatic rings. The van der Waals surface area contributed by atoms with Gasteiger partial charge in [0.2, 0.25) is 5.13 Å². The van der Waals surface area contributed by atoms with Crippen molar-refractivity contribution in [3.63, 3.8) is 0 Å². The van der Waals surface area contributed by atoms with E-state index in [1.54, 1.807) is 6.07 Å². The number of anilines is 1. The van der Waals surface area contributed by atoms with Gasteiger partial charge in [-0.25, -0.2) is 0 Å². The summed E-state index contributed by atoms with van der Waals surface area (Å²) < 4.78 is 0. The van der Waals surface area contributed by atoms with Crippen molar-refractivity contribution in [2.45, 2.75) is 19.8 Å². The Kier molecular flexibility index (Phi) is 4.87. The van der Waals surface area contributed by atoms with Gasteiger partial charge in [-0.15, -0.1) is 21.8 Å². The summed E-state index contributed by atoms with van der Waals surface area (Å²) in [7, 11) is 0. The van der Waals surface area contributed by atoms with Crippen LogP contribution in [0, 0.1) is 6.92 Å². The molecule has 1 heterocycles. The summed E-state index contributed by atoms with van der Waals surface area (Å²) in [6, 6.07) is 7.44. The average molecular weight is 296 g/mol. The Morgan fingerprint density at radius 2 is 2.16 bits per heavy atom. The monoisotopic (exact) mass is 295 g/mol. The van der Waals surface area contributed by atoms with E-state index in [4.69, 9.17) is 11.6 Å². The highest BCUT2D eigenvalue weighted by Gasteiger charge is 2.11. The average Bonchev–Trinajstić information content (AvgIpc) is 2.84. The van der Waals surface area contributed by atoms with Gasteiger partial charge in [0.25, 0.3) is 5.91 Å². The first-order chi connectivity index (χ1) is 9.20. The molecule has 1 aromatic carbocycles. The van der Waals surface area contributed by atoms with Crippen molar-refractivity contribution < 1.29 is 4.79 Å². The molecular formula is C13H14ClN3OS. The number of amides is 1. The molecule has 0 unspecified atom stereocenters. The number of halogens is 1. The van der Waals surface area contributed by atoms with E-state index in [9.17, 15) is 4.79 Å². The Labute approximate surface area is 120 Å². The second kappa shape index (κ2) is 6.63. The zero-order chi connectivity index (χ0) is 13.7. The first kappa shape index (κ1) is 14.0. The highest BCUT2D eigenvalue weighted by molar-refractivity contribution is 7.15. The first-order valence-corrected chi connectivity index (χ1v) is 7.31. The molecule has 0 spiro atoms. The molecule has 100 valence electrons. The van der Waals surface area contributed by atoms with Gasteiger partial charge in [0.05, 0.1) is 0 Å². The molecule has 0 bridgehead atoms. The van der Waals surface area contributed by atoms with E-state index in [2.05, 4.69) is 15.5 Å². The van der Waals surface area contributed by atoms with Crippen LogP contribution in [0.5, 0.6) is 0 Å². The Hall–Kier alpha value is -1.46. The lowest BCUT2D eigenvalue weighted by atomic mass is 10.1. The second-order valence-corrected chi connectivity index (χ2v) is 5.50. The molecule has 6 heteroatoms. The number of nitrogens with zero attached hydrogens (tertiary/aromatic N) is 2. The van der Waals surface area contributed by atoms with Crippen LogP contribution >= 0.6 is 22.9 Å². The van der Waals surface area contributed by atoms with E-state index < -0.39 is 0 Å². The van der Waals surface area contributed by atoms with E-state index in [1.807, 2.05) is 25.1 Å². The topological polar surface area (TPSA) is 54.9 Å². The fourth-order valence-electron chi connectivity index (χ4n) is 1.62. The lowest BCUT2D eigenvalue weighted by molar-refractivity contribution is 0.102. The van der Waals surface area contributed by atoms with Crippen LogP contribution in [-0.4, -0.2) is 22.0 Å². The Morgan fingerprint density at radius 3 is 2.89 bits per heavy atom. The van der Waals surface area contributed by atoms with Crippen LogP contribution in [0.15, 0.2) is 24.3 Å². The number of benzene rings is 1. The predicted molar refractivity (Wildman–Crippen MR) is 78.1 cm³/mol. The van der Waals surface area contributed by atoms with Gasteiger partial charge in [-0.05, 0) is 25.0 Å². The number of nitrogens with one attached hydrogen (secondary N) is 1. The molecule has 0 aliphatic rings. The van der Waals surface area contributed by atoms with E-state index in [-0.39, 0.29) is 5.91 Å². The van der Waals surface area contributed by atoms with E-state index in [1.165, 1.54) is 11.3 Å². The number of rotatable bonds is 5. The van der Waals surface area contributed by atoms with Crippen LogP contribution in [-0.2, 0) is 6.42 Å². The molecule has 0 atom stereocenters. The second-order valence-electron chi connectivity index (χ2n) is 4.06. The zero-order valence-electron chi connectivity index (χ0n) is 10.5. The van der Waals surface area contributed by atoms with Crippen molar-refractivity contribution in [3.8, 4) is 0 Å². The summed E-state index contributed by atoms with van der Waals surface area (Å²) in [5.41, 5.74) is 1.59. The first-order valence-electron chi connectivity index (χ1n) is 5.96. The van der Waals surface area contributed by atoms with Gasteiger partial charge in [0, 0.05) is 17.9 Å². The van der Waals surface area contributed by atoms with Crippen LogP contribution in [0.25, 0.3) is 0 Å². The summed E-state index contributed by atoms with van der Waals surface area (Å²) >= 11 is 7.02. The predicted octanol–water partition coefficient (Wildman–Crippen LogP) is 3.27. The van der Waals surface area contributed by atoms with Crippen molar-refractivity contribution in [3.05, 3.63) is 40.4 Å². The van der Waals surface area contributed by atoms with Crippen LogP contribution < -0.4 is 5.32 Å². The fraction of sp³-hybridized carbons (Fsp3) is 0.308. The highest BCUT2D eigenvalue weighted by Crippen LogP contribution is 2.18. The third kappa shape index (κ3) is 3.75. The van der Waals surface area contributed by atoms with Crippen LogP contribution in [0.4, 0.5) is 5.13 Å². The van der Waals surface area contributed by atoms with Crippen LogP contribution in [0.3, 0.4) is 0 Å². The summed E-state index contributed by atoms with van der Waals surface area (Å²) in [6.45, 7) is 1.90. The number of hydrogen-bond donors (Lipinski definition) is 1. The normalized spacial score (nSPS) is 10.4. The summed E-state index contributed by atoms with van der Waals surface area (Å²) in [4.78, 5) is 12.1. The maximum Gasteiger partial charge on any atom is 0.257 e. The quantitative estimate of drug-likeness (QED) is 0.861. The van der Waals surface area contributed by atoms with E-state index >= 15 is 0 Å². The van der Waals surface area contributed by atoms with Crippen molar-refractivity contribution in [2.24, 2.45) is 0 Å². The third-order valence-corrected chi connectivity index (χ3v) is 3.77. The molecule has 4 nitrogen and oxygen atoms in total. The molecule has 0 radical (unpaired) electrons. The minimum absolute atomic E-state index is 0.154. The molecule has 0 saturated heterocycles. The minimum atomic E-state index is -0.154. The molecule has 0 aliphatic heterocycles. The maximum atomic E-state index is 12.1. The van der Waals surface area contributed by atoms with Crippen LogP contribution in [0.2, 0.25) is 0 Å². The number of aryl methyl sites for hydroxylation is 2.